The molecule has 1 unspecified atom stereocenters. The minimum absolute atomic E-state index is 0.0714. The Morgan fingerprint density at radius 3 is 2.66 bits per heavy atom. The maximum atomic E-state index is 12.9. The topological polar surface area (TPSA) is 71.5 Å². The Kier molecular flexibility index (Phi) is 6.64. The van der Waals surface area contributed by atoms with Crippen LogP contribution in [0.3, 0.4) is 0 Å². The molecule has 0 radical (unpaired) electrons. The Morgan fingerprint density at radius 1 is 1.21 bits per heavy atom. The Morgan fingerprint density at radius 2 is 1.97 bits per heavy atom. The molecule has 6 nitrogen and oxygen atoms in total. The lowest BCUT2D eigenvalue weighted by Gasteiger charge is -2.41. The lowest BCUT2D eigenvalue weighted by molar-refractivity contribution is -0.166. The number of rotatable bonds is 6. The summed E-state index contributed by atoms with van der Waals surface area (Å²) in [6.07, 6.45) is 4.39. The molecule has 1 atom stereocenters. The molecule has 1 aliphatic heterocycles. The fraction of sp³-hybridized carbons (Fsp3) is 0.435. The van der Waals surface area contributed by atoms with Crippen molar-refractivity contribution in [2.75, 3.05) is 26.7 Å². The Hall–Kier alpha value is -2.73. The number of ether oxygens (including phenoxy) is 1. The molecule has 0 spiro atoms. The number of hydrogen-bond donors (Lipinski definition) is 1. The maximum Gasteiger partial charge on any atom is 0.254 e. The summed E-state index contributed by atoms with van der Waals surface area (Å²) in [5.74, 6) is 0.146. The molecule has 154 valence electrons. The molecular weight excluding hydrogens is 366 g/mol. The predicted octanol–water partition coefficient (Wildman–Crippen LogP) is 2.68. The molecular formula is C23H29N3O3. The minimum atomic E-state index is -1.09. The summed E-state index contributed by atoms with van der Waals surface area (Å²) >= 11 is 0. The highest BCUT2D eigenvalue weighted by Gasteiger charge is 2.44. The van der Waals surface area contributed by atoms with Gasteiger partial charge in [0.1, 0.15) is 0 Å². The molecule has 1 aliphatic rings. The number of nitrogens with one attached hydrogen (secondary N) is 1. The number of nitrogens with zero attached hydrogens (tertiary/aromatic N) is 2. The smallest absolute Gasteiger partial charge is 0.254 e. The zero-order chi connectivity index (χ0) is 20.9. The third kappa shape index (κ3) is 5.01. The molecule has 2 amide bonds. The zero-order valence-electron chi connectivity index (χ0n) is 17.4. The maximum absolute atomic E-state index is 12.9. The second-order valence-electron chi connectivity index (χ2n) is 7.95. The van der Waals surface area contributed by atoms with E-state index in [0.717, 1.165) is 16.7 Å². The van der Waals surface area contributed by atoms with Gasteiger partial charge in [-0.15, -0.1) is 0 Å². The van der Waals surface area contributed by atoms with Crippen LogP contribution in [0.4, 0.5) is 0 Å². The van der Waals surface area contributed by atoms with E-state index in [9.17, 15) is 9.59 Å². The number of hydrogen-bond acceptors (Lipinski definition) is 4. The molecule has 0 bridgehead atoms. The number of morpholine rings is 1. The molecule has 6 heteroatoms. The fourth-order valence-corrected chi connectivity index (χ4v) is 3.76. The van der Waals surface area contributed by atoms with Crippen molar-refractivity contribution in [2.45, 2.75) is 32.3 Å². The largest absolute Gasteiger partial charge is 0.361 e. The summed E-state index contributed by atoms with van der Waals surface area (Å²) in [5.41, 5.74) is 2.02. The van der Waals surface area contributed by atoms with Gasteiger partial charge in [-0.05, 0) is 34.7 Å². The van der Waals surface area contributed by atoms with Crippen LogP contribution in [-0.4, -0.2) is 54.0 Å². The molecule has 29 heavy (non-hydrogen) atoms. The normalized spacial score (nSPS) is 19.2. The van der Waals surface area contributed by atoms with E-state index in [0.29, 0.717) is 26.0 Å². The number of likely N-dealkylation sites (N-methyl/N-ethyl adjacent to an activating group) is 1. The van der Waals surface area contributed by atoms with E-state index in [1.807, 2.05) is 44.2 Å². The molecule has 1 aromatic carbocycles. The van der Waals surface area contributed by atoms with E-state index in [2.05, 4.69) is 16.4 Å². The van der Waals surface area contributed by atoms with Gasteiger partial charge in [0.15, 0.2) is 5.60 Å². The molecule has 1 saturated heterocycles. The first-order valence-corrected chi connectivity index (χ1v) is 10.1. The van der Waals surface area contributed by atoms with Crippen molar-refractivity contribution in [3.05, 3.63) is 54.4 Å². The van der Waals surface area contributed by atoms with Crippen molar-refractivity contribution in [1.29, 1.82) is 0 Å². The first-order chi connectivity index (χ1) is 13.9. The number of carbonyl (C=O) groups is 2. The van der Waals surface area contributed by atoms with Gasteiger partial charge in [0.25, 0.3) is 5.91 Å². The predicted molar refractivity (Wildman–Crippen MR) is 112 cm³/mol. The van der Waals surface area contributed by atoms with Crippen molar-refractivity contribution in [1.82, 2.24) is 15.2 Å². The van der Waals surface area contributed by atoms with Gasteiger partial charge in [-0.1, -0.05) is 38.1 Å². The highest BCUT2D eigenvalue weighted by atomic mass is 16.5. The van der Waals surface area contributed by atoms with Crippen molar-refractivity contribution in [2.24, 2.45) is 5.92 Å². The molecule has 1 fully saturated rings. The average Bonchev–Trinajstić information content (AvgIpc) is 2.73. The lowest BCUT2D eigenvalue weighted by atomic mass is 9.89. The van der Waals surface area contributed by atoms with Crippen LogP contribution >= 0.6 is 0 Å². The minimum Gasteiger partial charge on any atom is -0.361 e. The van der Waals surface area contributed by atoms with Crippen molar-refractivity contribution in [3.8, 4) is 11.1 Å². The molecule has 1 N–H and O–H groups in total. The first kappa shape index (κ1) is 21.0. The van der Waals surface area contributed by atoms with E-state index in [4.69, 9.17) is 4.74 Å². The molecule has 0 aliphatic carbocycles. The van der Waals surface area contributed by atoms with E-state index >= 15 is 0 Å². The van der Waals surface area contributed by atoms with Gasteiger partial charge >= 0.3 is 0 Å². The van der Waals surface area contributed by atoms with Crippen LogP contribution in [0.25, 0.3) is 11.1 Å². The SMILES string of the molecule is CNC(=O)C1(Cc2cccc(-c3ccncc3)c2)CN(C(=O)CC(C)C)CCO1. The van der Waals surface area contributed by atoms with E-state index in [1.165, 1.54) is 0 Å². The van der Waals surface area contributed by atoms with Crippen LogP contribution in [0.15, 0.2) is 48.8 Å². The summed E-state index contributed by atoms with van der Waals surface area (Å²) in [6, 6.07) is 12.0. The van der Waals surface area contributed by atoms with Crippen molar-refractivity contribution < 1.29 is 14.3 Å². The molecule has 2 heterocycles. The summed E-state index contributed by atoms with van der Waals surface area (Å²) < 4.78 is 6.04. The number of aromatic nitrogens is 1. The summed E-state index contributed by atoms with van der Waals surface area (Å²) in [7, 11) is 1.61. The van der Waals surface area contributed by atoms with Crippen LogP contribution in [0, 0.1) is 5.92 Å². The van der Waals surface area contributed by atoms with E-state index < -0.39 is 5.60 Å². The standard InChI is InChI=1S/C23H29N3O3/c1-17(2)13-21(27)26-11-12-29-23(16-26,22(28)24-3)15-18-5-4-6-20(14-18)19-7-9-25-10-8-19/h4-10,14,17H,11-13,15-16H2,1-3H3,(H,24,28). The van der Waals surface area contributed by atoms with Crippen LogP contribution in [0.1, 0.15) is 25.8 Å². The van der Waals surface area contributed by atoms with Gasteiger partial charge in [0, 0.05) is 38.8 Å². The van der Waals surface area contributed by atoms with Gasteiger partial charge in [-0.2, -0.15) is 0 Å². The van der Waals surface area contributed by atoms with Crippen LogP contribution < -0.4 is 5.32 Å². The zero-order valence-corrected chi connectivity index (χ0v) is 17.4. The third-order valence-electron chi connectivity index (χ3n) is 5.19. The van der Waals surface area contributed by atoms with Gasteiger partial charge < -0.3 is 15.0 Å². The second-order valence-corrected chi connectivity index (χ2v) is 7.95. The lowest BCUT2D eigenvalue weighted by Crippen LogP contribution is -2.61. The average molecular weight is 396 g/mol. The number of carbonyl (C=O) groups excluding carboxylic acids is 2. The molecule has 3 rings (SSSR count). The van der Waals surface area contributed by atoms with Gasteiger partial charge in [-0.25, -0.2) is 0 Å². The van der Waals surface area contributed by atoms with Crippen molar-refractivity contribution in [3.63, 3.8) is 0 Å². The summed E-state index contributed by atoms with van der Waals surface area (Å²) in [4.78, 5) is 31.3. The van der Waals surface area contributed by atoms with Crippen molar-refractivity contribution >= 4 is 11.8 Å². The molecule has 1 aromatic heterocycles. The van der Waals surface area contributed by atoms with Crippen LogP contribution in [0.5, 0.6) is 0 Å². The summed E-state index contributed by atoms with van der Waals surface area (Å²) in [6.45, 7) is 5.17. The molecule has 2 aromatic rings. The van der Waals surface area contributed by atoms with E-state index in [-0.39, 0.29) is 24.3 Å². The van der Waals surface area contributed by atoms with Gasteiger partial charge in [-0.3, -0.25) is 14.6 Å². The number of benzene rings is 1. The number of pyridine rings is 1. The highest BCUT2D eigenvalue weighted by Crippen LogP contribution is 2.27. The highest BCUT2D eigenvalue weighted by molar-refractivity contribution is 5.87. The van der Waals surface area contributed by atoms with Gasteiger partial charge in [0.05, 0.1) is 13.2 Å². The monoisotopic (exact) mass is 395 g/mol. The fourth-order valence-electron chi connectivity index (χ4n) is 3.76. The Bertz CT molecular complexity index is 853. The first-order valence-electron chi connectivity index (χ1n) is 10.1. The number of amides is 2. The van der Waals surface area contributed by atoms with Crippen LogP contribution in [0.2, 0.25) is 0 Å². The molecule has 0 saturated carbocycles. The Balaban J connectivity index is 1.86. The summed E-state index contributed by atoms with van der Waals surface area (Å²) in [5, 5.41) is 2.73. The Labute approximate surface area is 172 Å². The van der Waals surface area contributed by atoms with Gasteiger partial charge in [0.2, 0.25) is 5.91 Å². The third-order valence-corrected chi connectivity index (χ3v) is 5.19. The second kappa shape index (κ2) is 9.18. The van der Waals surface area contributed by atoms with Crippen LogP contribution in [-0.2, 0) is 20.7 Å². The van der Waals surface area contributed by atoms with E-state index in [1.54, 1.807) is 24.3 Å². The quantitative estimate of drug-likeness (QED) is 0.816.